The summed E-state index contributed by atoms with van der Waals surface area (Å²) in [5, 5.41) is 0.866. The molecular weight excluding hydrogens is 178 g/mol. The van der Waals surface area contributed by atoms with Gasteiger partial charge >= 0.3 is 0 Å². The molecule has 0 aromatic carbocycles. The Kier molecular flexibility index (Phi) is 2.93. The third-order valence-corrected chi connectivity index (χ3v) is 3.48. The maximum Gasteiger partial charge on any atom is 0.0548 e. The summed E-state index contributed by atoms with van der Waals surface area (Å²) in [6.45, 7) is 4.07. The minimum Gasteiger partial charge on any atom is -0.324 e. The SMILES string of the molecule is CCc1sc(C(C)N)cc1Cl. The van der Waals surface area contributed by atoms with Gasteiger partial charge in [-0.25, -0.2) is 0 Å². The van der Waals surface area contributed by atoms with Crippen LogP contribution in [0.3, 0.4) is 0 Å². The van der Waals surface area contributed by atoms with Gasteiger partial charge in [-0.15, -0.1) is 11.3 Å². The van der Waals surface area contributed by atoms with Crippen molar-refractivity contribution in [2.24, 2.45) is 5.73 Å². The van der Waals surface area contributed by atoms with Crippen LogP contribution < -0.4 is 5.73 Å². The van der Waals surface area contributed by atoms with E-state index < -0.39 is 0 Å². The zero-order valence-electron chi connectivity index (χ0n) is 6.73. The number of nitrogens with two attached hydrogens (primary N) is 1. The lowest BCUT2D eigenvalue weighted by molar-refractivity contribution is 0.838. The quantitative estimate of drug-likeness (QED) is 0.761. The monoisotopic (exact) mass is 189 g/mol. The molecule has 0 amide bonds. The van der Waals surface area contributed by atoms with Crippen LogP contribution in [-0.4, -0.2) is 0 Å². The number of rotatable bonds is 2. The van der Waals surface area contributed by atoms with Crippen LogP contribution in [0.15, 0.2) is 6.07 Å². The van der Waals surface area contributed by atoms with Crippen molar-refractivity contribution in [3.8, 4) is 0 Å². The lowest BCUT2D eigenvalue weighted by Gasteiger charge is -1.97. The van der Waals surface area contributed by atoms with Crippen molar-refractivity contribution in [2.75, 3.05) is 0 Å². The van der Waals surface area contributed by atoms with Gasteiger partial charge in [0.25, 0.3) is 0 Å². The summed E-state index contributed by atoms with van der Waals surface area (Å²) in [7, 11) is 0. The Bertz CT molecular complexity index is 242. The van der Waals surface area contributed by atoms with Crippen molar-refractivity contribution >= 4 is 22.9 Å². The first-order chi connectivity index (χ1) is 5.15. The van der Waals surface area contributed by atoms with Crippen molar-refractivity contribution in [2.45, 2.75) is 26.3 Å². The molecule has 62 valence electrons. The van der Waals surface area contributed by atoms with Gasteiger partial charge in [-0.3, -0.25) is 0 Å². The Balaban J connectivity index is 2.95. The lowest BCUT2D eigenvalue weighted by Crippen LogP contribution is -2.01. The second-order valence-electron chi connectivity index (χ2n) is 2.56. The van der Waals surface area contributed by atoms with E-state index in [1.807, 2.05) is 13.0 Å². The number of hydrogen-bond donors (Lipinski definition) is 1. The zero-order valence-corrected chi connectivity index (χ0v) is 8.30. The van der Waals surface area contributed by atoms with Gasteiger partial charge in [0.2, 0.25) is 0 Å². The first kappa shape index (κ1) is 9.04. The van der Waals surface area contributed by atoms with E-state index in [0.29, 0.717) is 0 Å². The molecule has 1 aromatic rings. The fourth-order valence-corrected chi connectivity index (χ4v) is 2.27. The molecule has 0 saturated carbocycles. The largest absolute Gasteiger partial charge is 0.324 e. The van der Waals surface area contributed by atoms with Crippen molar-refractivity contribution in [3.05, 3.63) is 20.8 Å². The normalized spacial score (nSPS) is 13.5. The van der Waals surface area contributed by atoms with Crippen LogP contribution in [-0.2, 0) is 6.42 Å². The first-order valence-electron chi connectivity index (χ1n) is 3.68. The van der Waals surface area contributed by atoms with Crippen molar-refractivity contribution in [1.82, 2.24) is 0 Å². The number of hydrogen-bond acceptors (Lipinski definition) is 2. The number of aryl methyl sites for hydroxylation is 1. The van der Waals surface area contributed by atoms with E-state index in [-0.39, 0.29) is 6.04 Å². The zero-order chi connectivity index (χ0) is 8.43. The Labute approximate surface area is 76.2 Å². The van der Waals surface area contributed by atoms with Gasteiger partial charge in [0.05, 0.1) is 5.02 Å². The summed E-state index contributed by atoms with van der Waals surface area (Å²) in [5.74, 6) is 0. The Morgan fingerprint density at radius 3 is 2.64 bits per heavy atom. The van der Waals surface area contributed by atoms with Gasteiger partial charge in [0, 0.05) is 15.8 Å². The fraction of sp³-hybridized carbons (Fsp3) is 0.500. The van der Waals surface area contributed by atoms with E-state index in [1.165, 1.54) is 9.75 Å². The average Bonchev–Trinajstić information content (AvgIpc) is 2.31. The Hall–Kier alpha value is -0.0500. The molecule has 0 aliphatic heterocycles. The van der Waals surface area contributed by atoms with Gasteiger partial charge in [0.1, 0.15) is 0 Å². The molecule has 0 aliphatic carbocycles. The van der Waals surface area contributed by atoms with Crippen LogP contribution in [0.1, 0.15) is 29.6 Å². The molecule has 1 nitrogen and oxygen atoms in total. The summed E-state index contributed by atoms with van der Waals surface area (Å²) in [6, 6.07) is 2.08. The predicted octanol–water partition coefficient (Wildman–Crippen LogP) is 2.98. The van der Waals surface area contributed by atoms with E-state index in [0.717, 1.165) is 11.4 Å². The lowest BCUT2D eigenvalue weighted by atomic mass is 10.3. The highest BCUT2D eigenvalue weighted by Crippen LogP contribution is 2.30. The molecule has 1 atom stereocenters. The molecule has 1 unspecified atom stereocenters. The van der Waals surface area contributed by atoms with E-state index in [9.17, 15) is 0 Å². The molecule has 1 heterocycles. The summed E-state index contributed by atoms with van der Waals surface area (Å²) in [4.78, 5) is 2.41. The molecule has 1 aromatic heterocycles. The van der Waals surface area contributed by atoms with Crippen LogP contribution in [0.2, 0.25) is 5.02 Å². The Morgan fingerprint density at radius 1 is 1.73 bits per heavy atom. The molecular formula is C8H12ClNS. The molecule has 0 bridgehead atoms. The van der Waals surface area contributed by atoms with E-state index >= 15 is 0 Å². The summed E-state index contributed by atoms with van der Waals surface area (Å²) in [5.41, 5.74) is 5.70. The molecule has 11 heavy (non-hydrogen) atoms. The highest BCUT2D eigenvalue weighted by Gasteiger charge is 2.07. The van der Waals surface area contributed by atoms with Crippen LogP contribution in [0.4, 0.5) is 0 Å². The molecule has 0 aliphatic rings. The van der Waals surface area contributed by atoms with Gasteiger partial charge in [0.15, 0.2) is 0 Å². The smallest absolute Gasteiger partial charge is 0.0548 e. The van der Waals surface area contributed by atoms with Crippen LogP contribution in [0.5, 0.6) is 0 Å². The molecule has 2 N–H and O–H groups in total. The third kappa shape index (κ3) is 1.95. The standard InChI is InChI=1S/C8H12ClNS/c1-3-7-6(9)4-8(11-7)5(2)10/h4-5H,3,10H2,1-2H3. The molecule has 0 fully saturated rings. The second kappa shape index (κ2) is 3.57. The minimum absolute atomic E-state index is 0.109. The van der Waals surface area contributed by atoms with Crippen molar-refractivity contribution < 1.29 is 0 Å². The van der Waals surface area contributed by atoms with Gasteiger partial charge < -0.3 is 5.73 Å². The first-order valence-corrected chi connectivity index (χ1v) is 4.88. The molecule has 0 spiro atoms. The summed E-state index contributed by atoms with van der Waals surface area (Å²) < 4.78 is 0. The fourth-order valence-electron chi connectivity index (χ4n) is 0.891. The van der Waals surface area contributed by atoms with E-state index in [2.05, 4.69) is 6.92 Å². The van der Waals surface area contributed by atoms with Crippen LogP contribution in [0, 0.1) is 0 Å². The van der Waals surface area contributed by atoms with Gasteiger partial charge in [-0.2, -0.15) is 0 Å². The molecule has 3 heteroatoms. The van der Waals surface area contributed by atoms with Crippen molar-refractivity contribution in [1.29, 1.82) is 0 Å². The van der Waals surface area contributed by atoms with Crippen LogP contribution in [0.25, 0.3) is 0 Å². The highest BCUT2D eigenvalue weighted by molar-refractivity contribution is 7.12. The van der Waals surface area contributed by atoms with E-state index in [4.69, 9.17) is 17.3 Å². The number of halogens is 1. The average molecular weight is 190 g/mol. The Morgan fingerprint density at radius 2 is 2.36 bits per heavy atom. The maximum atomic E-state index is 5.94. The van der Waals surface area contributed by atoms with Crippen LogP contribution >= 0.6 is 22.9 Å². The molecule has 0 radical (unpaired) electrons. The molecule has 0 saturated heterocycles. The second-order valence-corrected chi connectivity index (χ2v) is 4.14. The summed E-state index contributed by atoms with van der Waals surface area (Å²) >= 11 is 7.65. The topological polar surface area (TPSA) is 26.0 Å². The number of thiophene rings is 1. The predicted molar refractivity (Wildman–Crippen MR) is 51.3 cm³/mol. The van der Waals surface area contributed by atoms with E-state index in [1.54, 1.807) is 11.3 Å². The third-order valence-electron chi connectivity index (χ3n) is 1.55. The minimum atomic E-state index is 0.109. The summed E-state index contributed by atoms with van der Waals surface area (Å²) in [6.07, 6.45) is 0.996. The maximum absolute atomic E-state index is 5.94. The molecule has 1 rings (SSSR count). The highest BCUT2D eigenvalue weighted by atomic mass is 35.5. The van der Waals surface area contributed by atoms with Gasteiger partial charge in [-0.05, 0) is 19.4 Å². The van der Waals surface area contributed by atoms with Crippen molar-refractivity contribution in [3.63, 3.8) is 0 Å². The van der Waals surface area contributed by atoms with Gasteiger partial charge in [-0.1, -0.05) is 18.5 Å².